The predicted molar refractivity (Wildman–Crippen MR) is 85.5 cm³/mol. The Bertz CT molecular complexity index is 684. The Hall–Kier alpha value is -2.46. The molecule has 0 bridgehead atoms. The molecule has 0 spiro atoms. The number of benzene rings is 2. The number of urea groups is 1. The number of phenols is 1. The summed E-state index contributed by atoms with van der Waals surface area (Å²) < 4.78 is 0. The number of aromatic hydroxyl groups is 1. The molecule has 0 fully saturated rings. The number of carbonyl (C=O) groups is 1. The lowest BCUT2D eigenvalue weighted by Gasteiger charge is -2.07. The molecule has 0 unspecified atom stereocenters. The van der Waals surface area contributed by atoms with Crippen LogP contribution in [0.2, 0.25) is 5.02 Å². The zero-order valence-electron chi connectivity index (χ0n) is 11.4. The van der Waals surface area contributed by atoms with Gasteiger partial charge in [-0.25, -0.2) is 4.79 Å². The zero-order chi connectivity index (χ0) is 15.2. The van der Waals surface area contributed by atoms with Crippen molar-refractivity contribution in [1.29, 1.82) is 0 Å². The monoisotopic (exact) mass is 302 g/mol. The number of phenolic OH excluding ortho intramolecular Hbond substituents is 1. The summed E-state index contributed by atoms with van der Waals surface area (Å²) in [6, 6.07) is 11.8. The first kappa shape index (κ1) is 14.9. The highest BCUT2D eigenvalue weighted by Crippen LogP contribution is 2.26. The average Bonchev–Trinajstić information content (AvgIpc) is 2.43. The van der Waals surface area contributed by atoms with E-state index in [0.717, 1.165) is 11.1 Å². The molecule has 0 aliphatic heterocycles. The van der Waals surface area contributed by atoms with Crippen LogP contribution in [0.4, 0.5) is 10.5 Å². The largest absolute Gasteiger partial charge is 0.506 e. The highest BCUT2D eigenvalue weighted by Gasteiger charge is 2.05. The van der Waals surface area contributed by atoms with E-state index in [1.165, 1.54) is 24.4 Å². The van der Waals surface area contributed by atoms with E-state index >= 15 is 0 Å². The number of rotatable bonds is 3. The minimum Gasteiger partial charge on any atom is -0.506 e. The molecule has 2 rings (SSSR count). The number of hydrogen-bond acceptors (Lipinski definition) is 2. The lowest BCUT2D eigenvalue weighted by Crippen LogP contribution is -2.23. The van der Waals surface area contributed by atoms with Crippen LogP contribution in [0.15, 0.2) is 48.7 Å². The van der Waals surface area contributed by atoms with Gasteiger partial charge in [-0.15, -0.1) is 0 Å². The minimum atomic E-state index is -0.462. The molecule has 0 saturated heterocycles. The topological polar surface area (TPSA) is 61.4 Å². The fraction of sp³-hybridized carbons (Fsp3) is 0.0625. The summed E-state index contributed by atoms with van der Waals surface area (Å²) in [7, 11) is 0. The molecule has 0 aliphatic carbocycles. The molecule has 0 atom stereocenters. The number of amides is 2. The Morgan fingerprint density at radius 1 is 1.24 bits per heavy atom. The second kappa shape index (κ2) is 6.81. The van der Waals surface area contributed by atoms with E-state index in [-0.39, 0.29) is 11.4 Å². The number of hydrogen-bond donors (Lipinski definition) is 3. The molecule has 108 valence electrons. The van der Waals surface area contributed by atoms with Gasteiger partial charge in [0.1, 0.15) is 5.75 Å². The van der Waals surface area contributed by atoms with Gasteiger partial charge in [-0.2, -0.15) is 0 Å². The van der Waals surface area contributed by atoms with Gasteiger partial charge in [-0.1, -0.05) is 41.4 Å². The summed E-state index contributed by atoms with van der Waals surface area (Å²) in [6.07, 6.45) is 3.32. The Balaban J connectivity index is 1.94. The predicted octanol–water partition coefficient (Wildman–Crippen LogP) is 4.15. The fourth-order valence-corrected chi connectivity index (χ4v) is 1.93. The van der Waals surface area contributed by atoms with Gasteiger partial charge in [0.05, 0.1) is 5.69 Å². The van der Waals surface area contributed by atoms with E-state index in [9.17, 15) is 9.90 Å². The van der Waals surface area contributed by atoms with Crippen LogP contribution in [0.5, 0.6) is 5.75 Å². The quantitative estimate of drug-likeness (QED) is 0.746. The van der Waals surface area contributed by atoms with Crippen molar-refractivity contribution in [3.63, 3.8) is 0 Å². The Morgan fingerprint density at radius 2 is 2.05 bits per heavy atom. The van der Waals surface area contributed by atoms with Crippen molar-refractivity contribution >= 4 is 29.4 Å². The second-order valence-corrected chi connectivity index (χ2v) is 4.94. The third-order valence-corrected chi connectivity index (χ3v) is 2.97. The molecular formula is C16H15ClN2O2. The second-order valence-electron chi connectivity index (χ2n) is 4.51. The Labute approximate surface area is 128 Å². The van der Waals surface area contributed by atoms with Gasteiger partial charge in [-0.05, 0) is 36.8 Å². The maximum absolute atomic E-state index is 11.7. The number of nitrogens with one attached hydrogen (secondary N) is 2. The summed E-state index contributed by atoms with van der Waals surface area (Å²) >= 11 is 5.80. The van der Waals surface area contributed by atoms with E-state index in [4.69, 9.17) is 11.6 Å². The van der Waals surface area contributed by atoms with Crippen molar-refractivity contribution in [3.05, 3.63) is 64.8 Å². The number of anilines is 1. The first-order chi connectivity index (χ1) is 10.0. The van der Waals surface area contributed by atoms with Crippen LogP contribution >= 0.6 is 11.6 Å². The van der Waals surface area contributed by atoms with Crippen molar-refractivity contribution in [3.8, 4) is 5.75 Å². The molecule has 4 nitrogen and oxygen atoms in total. The van der Waals surface area contributed by atoms with Crippen LogP contribution in [0, 0.1) is 6.92 Å². The zero-order valence-corrected chi connectivity index (χ0v) is 12.2. The number of aryl methyl sites for hydroxylation is 1. The van der Waals surface area contributed by atoms with Crippen LogP contribution in [0.25, 0.3) is 6.08 Å². The first-order valence-corrected chi connectivity index (χ1v) is 6.71. The van der Waals surface area contributed by atoms with Crippen LogP contribution in [0.1, 0.15) is 11.1 Å². The molecule has 21 heavy (non-hydrogen) atoms. The SMILES string of the molecule is Cc1cccc(/C=C/NC(=O)Nc2cc(Cl)ccc2O)c1. The molecule has 0 radical (unpaired) electrons. The van der Waals surface area contributed by atoms with Gasteiger partial charge >= 0.3 is 6.03 Å². The van der Waals surface area contributed by atoms with Crippen molar-refractivity contribution in [2.24, 2.45) is 0 Å². The Morgan fingerprint density at radius 3 is 2.81 bits per heavy atom. The minimum absolute atomic E-state index is 0.0442. The van der Waals surface area contributed by atoms with E-state index < -0.39 is 6.03 Å². The van der Waals surface area contributed by atoms with E-state index in [0.29, 0.717) is 5.02 Å². The third kappa shape index (κ3) is 4.54. The van der Waals surface area contributed by atoms with Crippen LogP contribution in [0.3, 0.4) is 0 Å². The summed E-state index contributed by atoms with van der Waals surface area (Å²) in [5.74, 6) is -0.0442. The normalized spacial score (nSPS) is 10.6. The maximum atomic E-state index is 11.7. The molecule has 0 saturated carbocycles. The molecule has 0 aromatic heterocycles. The lowest BCUT2D eigenvalue weighted by atomic mass is 10.1. The van der Waals surface area contributed by atoms with Gasteiger partial charge in [-0.3, -0.25) is 0 Å². The molecule has 5 heteroatoms. The van der Waals surface area contributed by atoms with Crippen LogP contribution in [-0.4, -0.2) is 11.1 Å². The molecule has 0 aliphatic rings. The molecular weight excluding hydrogens is 288 g/mol. The van der Waals surface area contributed by atoms with E-state index in [2.05, 4.69) is 10.6 Å². The molecule has 2 aromatic rings. The van der Waals surface area contributed by atoms with Gasteiger partial charge in [0.15, 0.2) is 0 Å². The van der Waals surface area contributed by atoms with Crippen molar-refractivity contribution in [2.45, 2.75) is 6.92 Å². The van der Waals surface area contributed by atoms with Gasteiger partial charge in [0.25, 0.3) is 0 Å². The Kier molecular flexibility index (Phi) is 4.85. The summed E-state index contributed by atoms with van der Waals surface area (Å²) in [4.78, 5) is 11.7. The molecule has 2 aromatic carbocycles. The van der Waals surface area contributed by atoms with Crippen LogP contribution < -0.4 is 10.6 Å². The van der Waals surface area contributed by atoms with Crippen molar-refractivity contribution in [2.75, 3.05) is 5.32 Å². The van der Waals surface area contributed by atoms with E-state index in [1.807, 2.05) is 31.2 Å². The number of halogens is 1. The van der Waals surface area contributed by atoms with Gasteiger partial charge in [0, 0.05) is 11.2 Å². The highest BCUT2D eigenvalue weighted by molar-refractivity contribution is 6.31. The maximum Gasteiger partial charge on any atom is 0.323 e. The summed E-state index contributed by atoms with van der Waals surface area (Å²) in [5.41, 5.74) is 2.38. The standard InChI is InChI=1S/C16H15ClN2O2/c1-11-3-2-4-12(9-11)7-8-18-16(21)19-14-10-13(17)5-6-15(14)20/h2-10,20H,1H3,(H2,18,19,21)/b8-7+. The van der Waals surface area contributed by atoms with Crippen molar-refractivity contribution in [1.82, 2.24) is 5.32 Å². The third-order valence-electron chi connectivity index (χ3n) is 2.74. The fourth-order valence-electron chi connectivity index (χ4n) is 1.75. The van der Waals surface area contributed by atoms with Gasteiger partial charge < -0.3 is 15.7 Å². The average molecular weight is 303 g/mol. The molecule has 3 N–H and O–H groups in total. The first-order valence-electron chi connectivity index (χ1n) is 6.34. The smallest absolute Gasteiger partial charge is 0.323 e. The molecule has 2 amide bonds. The summed E-state index contributed by atoms with van der Waals surface area (Å²) in [6.45, 7) is 2.00. The van der Waals surface area contributed by atoms with E-state index in [1.54, 1.807) is 6.08 Å². The lowest BCUT2D eigenvalue weighted by molar-refractivity contribution is 0.255. The summed E-state index contributed by atoms with van der Waals surface area (Å²) in [5, 5.41) is 15.1. The van der Waals surface area contributed by atoms with Crippen molar-refractivity contribution < 1.29 is 9.90 Å². The van der Waals surface area contributed by atoms with Crippen LogP contribution in [-0.2, 0) is 0 Å². The van der Waals surface area contributed by atoms with Gasteiger partial charge in [0.2, 0.25) is 0 Å². The highest BCUT2D eigenvalue weighted by atomic mass is 35.5. The molecule has 0 heterocycles. The number of carbonyl (C=O) groups excluding carboxylic acids is 1.